The lowest BCUT2D eigenvalue weighted by atomic mass is 9.80. The number of fused-ring (bicyclic) bond motifs is 1. The van der Waals surface area contributed by atoms with E-state index in [1.165, 1.54) is 50.0 Å². The van der Waals surface area contributed by atoms with Crippen LogP contribution in [-0.4, -0.2) is 23.8 Å². The second-order valence-corrected chi connectivity index (χ2v) is 5.21. The molecular formula is C14H19NO. The fourth-order valence-electron chi connectivity index (χ4n) is 3.17. The third kappa shape index (κ3) is 1.81. The summed E-state index contributed by atoms with van der Waals surface area (Å²) in [7, 11) is 0. The molecule has 0 aromatic rings. The van der Waals surface area contributed by atoms with E-state index in [4.69, 9.17) is 0 Å². The Labute approximate surface area is 97.0 Å². The van der Waals surface area contributed by atoms with Gasteiger partial charge in [0.25, 0.3) is 0 Å². The van der Waals surface area contributed by atoms with Gasteiger partial charge in [0.05, 0.1) is 0 Å². The van der Waals surface area contributed by atoms with Crippen LogP contribution in [0.2, 0.25) is 0 Å². The molecule has 0 saturated carbocycles. The molecule has 2 nitrogen and oxygen atoms in total. The Hall–Kier alpha value is -1.05. The quantitative estimate of drug-likeness (QED) is 0.673. The zero-order chi connectivity index (χ0) is 11.0. The SMILES string of the molecule is O=C1C=C2C=C(N3CCCC3)CCC2CC1. The van der Waals surface area contributed by atoms with Crippen molar-refractivity contribution in [2.24, 2.45) is 5.92 Å². The van der Waals surface area contributed by atoms with Gasteiger partial charge < -0.3 is 4.90 Å². The second kappa shape index (κ2) is 4.08. The van der Waals surface area contributed by atoms with Crippen LogP contribution >= 0.6 is 0 Å². The Morgan fingerprint density at radius 1 is 1.06 bits per heavy atom. The Bertz CT molecular complexity index is 361. The number of rotatable bonds is 1. The van der Waals surface area contributed by atoms with E-state index in [9.17, 15) is 4.79 Å². The molecule has 2 heteroatoms. The molecule has 16 heavy (non-hydrogen) atoms. The highest BCUT2D eigenvalue weighted by Crippen LogP contribution is 2.36. The van der Waals surface area contributed by atoms with Gasteiger partial charge in [-0.25, -0.2) is 0 Å². The number of ketones is 1. The van der Waals surface area contributed by atoms with Crippen LogP contribution in [0.1, 0.15) is 38.5 Å². The summed E-state index contributed by atoms with van der Waals surface area (Å²) in [6.07, 6.45) is 11.2. The molecule has 1 atom stereocenters. The predicted molar refractivity (Wildman–Crippen MR) is 63.9 cm³/mol. The van der Waals surface area contributed by atoms with Crippen LogP contribution < -0.4 is 0 Å². The molecule has 0 amide bonds. The molecule has 3 rings (SSSR count). The van der Waals surface area contributed by atoms with Gasteiger partial charge in [0.2, 0.25) is 0 Å². The molecule has 1 unspecified atom stereocenters. The average Bonchev–Trinajstić information content (AvgIpc) is 2.81. The Kier molecular flexibility index (Phi) is 2.58. The van der Waals surface area contributed by atoms with Crippen molar-refractivity contribution in [1.82, 2.24) is 4.90 Å². The van der Waals surface area contributed by atoms with E-state index in [-0.39, 0.29) is 0 Å². The third-order valence-corrected chi connectivity index (χ3v) is 4.13. The molecule has 86 valence electrons. The topological polar surface area (TPSA) is 20.3 Å². The van der Waals surface area contributed by atoms with Gasteiger partial charge >= 0.3 is 0 Å². The van der Waals surface area contributed by atoms with Gasteiger partial charge in [0.1, 0.15) is 0 Å². The Morgan fingerprint density at radius 3 is 2.62 bits per heavy atom. The minimum Gasteiger partial charge on any atom is -0.375 e. The van der Waals surface area contributed by atoms with Gasteiger partial charge in [-0.1, -0.05) is 0 Å². The highest BCUT2D eigenvalue weighted by molar-refractivity contribution is 5.91. The van der Waals surface area contributed by atoms with Crippen molar-refractivity contribution in [2.75, 3.05) is 13.1 Å². The standard InChI is InChI=1S/C14H19NO/c16-14-6-4-11-3-5-13(9-12(11)10-14)15-7-1-2-8-15/h9-11H,1-8H2. The first-order valence-electron chi connectivity index (χ1n) is 6.53. The molecule has 0 aromatic carbocycles. The van der Waals surface area contributed by atoms with Crippen LogP contribution in [0.25, 0.3) is 0 Å². The number of carbonyl (C=O) groups is 1. The van der Waals surface area contributed by atoms with E-state index in [0.29, 0.717) is 11.7 Å². The van der Waals surface area contributed by atoms with Gasteiger partial charge in [-0.05, 0) is 55.7 Å². The van der Waals surface area contributed by atoms with E-state index in [1.807, 2.05) is 6.08 Å². The van der Waals surface area contributed by atoms with Crippen LogP contribution in [0.5, 0.6) is 0 Å². The van der Waals surface area contributed by atoms with Gasteiger partial charge in [-0.15, -0.1) is 0 Å². The van der Waals surface area contributed by atoms with Gasteiger partial charge in [-0.2, -0.15) is 0 Å². The van der Waals surface area contributed by atoms with Gasteiger partial charge in [-0.3, -0.25) is 4.79 Å². The molecule has 1 fully saturated rings. The largest absolute Gasteiger partial charge is 0.375 e. The fraction of sp³-hybridized carbons (Fsp3) is 0.643. The summed E-state index contributed by atoms with van der Waals surface area (Å²) < 4.78 is 0. The summed E-state index contributed by atoms with van der Waals surface area (Å²) in [6.45, 7) is 2.44. The number of nitrogens with zero attached hydrogens (tertiary/aromatic N) is 1. The maximum absolute atomic E-state index is 11.4. The van der Waals surface area contributed by atoms with Gasteiger partial charge in [0, 0.05) is 25.2 Å². The van der Waals surface area contributed by atoms with Crippen molar-refractivity contribution >= 4 is 5.78 Å². The molecule has 1 saturated heterocycles. The molecule has 1 heterocycles. The van der Waals surface area contributed by atoms with E-state index in [0.717, 1.165) is 12.8 Å². The predicted octanol–water partition coefficient (Wildman–Crippen LogP) is 2.67. The van der Waals surface area contributed by atoms with Crippen LogP contribution in [0.3, 0.4) is 0 Å². The highest BCUT2D eigenvalue weighted by Gasteiger charge is 2.26. The minimum absolute atomic E-state index is 0.324. The lowest BCUT2D eigenvalue weighted by molar-refractivity contribution is -0.115. The zero-order valence-corrected chi connectivity index (χ0v) is 9.74. The van der Waals surface area contributed by atoms with Crippen molar-refractivity contribution < 1.29 is 4.79 Å². The van der Waals surface area contributed by atoms with Crippen molar-refractivity contribution in [2.45, 2.75) is 38.5 Å². The second-order valence-electron chi connectivity index (χ2n) is 5.21. The van der Waals surface area contributed by atoms with Crippen molar-refractivity contribution in [3.63, 3.8) is 0 Å². The maximum Gasteiger partial charge on any atom is 0.155 e. The Balaban J connectivity index is 1.83. The van der Waals surface area contributed by atoms with E-state index in [1.54, 1.807) is 0 Å². The van der Waals surface area contributed by atoms with E-state index >= 15 is 0 Å². The summed E-state index contributed by atoms with van der Waals surface area (Å²) in [5, 5.41) is 0. The summed E-state index contributed by atoms with van der Waals surface area (Å²) in [4.78, 5) is 13.9. The van der Waals surface area contributed by atoms with E-state index in [2.05, 4.69) is 11.0 Å². The minimum atomic E-state index is 0.324. The molecule has 3 aliphatic rings. The number of hydrogen-bond acceptors (Lipinski definition) is 2. The first-order valence-corrected chi connectivity index (χ1v) is 6.53. The van der Waals surface area contributed by atoms with Crippen LogP contribution in [0.15, 0.2) is 23.4 Å². The Morgan fingerprint density at radius 2 is 1.81 bits per heavy atom. The summed E-state index contributed by atoms with van der Waals surface area (Å²) in [5.74, 6) is 0.995. The average molecular weight is 217 g/mol. The first kappa shape index (κ1) is 10.1. The molecule has 0 bridgehead atoms. The van der Waals surface area contributed by atoms with Crippen molar-refractivity contribution in [3.05, 3.63) is 23.4 Å². The van der Waals surface area contributed by atoms with E-state index < -0.39 is 0 Å². The number of carbonyl (C=O) groups excluding carboxylic acids is 1. The number of allylic oxidation sites excluding steroid dienone is 4. The normalized spacial score (nSPS) is 29.9. The van der Waals surface area contributed by atoms with Gasteiger partial charge in [0.15, 0.2) is 5.78 Å². The molecule has 2 aliphatic carbocycles. The van der Waals surface area contributed by atoms with Crippen LogP contribution in [0, 0.1) is 5.92 Å². The number of likely N-dealkylation sites (tertiary alicyclic amines) is 1. The van der Waals surface area contributed by atoms with Crippen molar-refractivity contribution in [3.8, 4) is 0 Å². The summed E-state index contributed by atoms with van der Waals surface area (Å²) in [5.41, 5.74) is 2.79. The molecule has 0 radical (unpaired) electrons. The molecule has 0 spiro atoms. The summed E-state index contributed by atoms with van der Waals surface area (Å²) >= 11 is 0. The zero-order valence-electron chi connectivity index (χ0n) is 9.74. The molecule has 0 aromatic heterocycles. The smallest absolute Gasteiger partial charge is 0.155 e. The fourth-order valence-corrected chi connectivity index (χ4v) is 3.17. The van der Waals surface area contributed by atoms with Crippen LogP contribution in [0.4, 0.5) is 0 Å². The van der Waals surface area contributed by atoms with Crippen molar-refractivity contribution in [1.29, 1.82) is 0 Å². The van der Waals surface area contributed by atoms with Crippen LogP contribution in [-0.2, 0) is 4.79 Å². The lowest BCUT2D eigenvalue weighted by Crippen LogP contribution is -2.24. The molecule has 0 N–H and O–H groups in total. The first-order chi connectivity index (χ1) is 7.83. The summed E-state index contributed by atoms with van der Waals surface area (Å²) in [6, 6.07) is 0. The monoisotopic (exact) mass is 217 g/mol. The number of hydrogen-bond donors (Lipinski definition) is 0. The lowest BCUT2D eigenvalue weighted by Gasteiger charge is -2.31. The maximum atomic E-state index is 11.4. The highest BCUT2D eigenvalue weighted by atomic mass is 16.1. The molecule has 1 aliphatic heterocycles. The molecular weight excluding hydrogens is 198 g/mol. The third-order valence-electron chi connectivity index (χ3n) is 4.13.